The minimum Gasteiger partial charge on any atom is -0.399 e. The van der Waals surface area contributed by atoms with E-state index in [2.05, 4.69) is 0 Å². The number of anilines is 1. The summed E-state index contributed by atoms with van der Waals surface area (Å²) in [5.74, 6) is 0.0474. The van der Waals surface area contributed by atoms with Crippen molar-refractivity contribution in [2.45, 2.75) is 13.8 Å². The van der Waals surface area contributed by atoms with Crippen LogP contribution in [0.5, 0.6) is 0 Å². The molecule has 2 aromatic rings. The van der Waals surface area contributed by atoms with Crippen molar-refractivity contribution in [3.05, 3.63) is 64.7 Å². The summed E-state index contributed by atoms with van der Waals surface area (Å²) in [6, 6.07) is 13.0. The molecule has 0 atom stereocenters. The molecule has 0 bridgehead atoms. The van der Waals surface area contributed by atoms with E-state index in [4.69, 9.17) is 5.73 Å². The number of carbonyl (C=O) groups is 1. The van der Waals surface area contributed by atoms with Gasteiger partial charge < -0.3 is 5.73 Å². The summed E-state index contributed by atoms with van der Waals surface area (Å²) in [5.41, 5.74) is 9.84. The molecule has 0 aliphatic rings. The van der Waals surface area contributed by atoms with Crippen molar-refractivity contribution in [1.82, 2.24) is 0 Å². The largest absolute Gasteiger partial charge is 0.399 e. The molecule has 17 heavy (non-hydrogen) atoms. The average molecular weight is 225 g/mol. The Balaban J connectivity index is 2.48. The predicted octanol–water partition coefficient (Wildman–Crippen LogP) is 3.12. The summed E-state index contributed by atoms with van der Waals surface area (Å²) in [6.45, 7) is 3.82. The van der Waals surface area contributed by atoms with E-state index in [-0.39, 0.29) is 5.78 Å². The monoisotopic (exact) mass is 225 g/mol. The highest BCUT2D eigenvalue weighted by Gasteiger charge is 2.12. The predicted molar refractivity (Wildman–Crippen MR) is 70.2 cm³/mol. The minimum absolute atomic E-state index is 0.0474. The van der Waals surface area contributed by atoms with Crippen LogP contribution in [0.1, 0.15) is 27.0 Å². The topological polar surface area (TPSA) is 43.1 Å². The minimum atomic E-state index is 0.0474. The van der Waals surface area contributed by atoms with Crippen LogP contribution in [0.4, 0.5) is 5.69 Å². The lowest BCUT2D eigenvalue weighted by atomic mass is 9.96. The third kappa shape index (κ3) is 2.21. The summed E-state index contributed by atoms with van der Waals surface area (Å²) < 4.78 is 0. The number of hydrogen-bond acceptors (Lipinski definition) is 2. The zero-order valence-electron chi connectivity index (χ0n) is 10.0. The van der Waals surface area contributed by atoms with Gasteiger partial charge in [0.2, 0.25) is 0 Å². The molecule has 2 aromatic carbocycles. The summed E-state index contributed by atoms with van der Waals surface area (Å²) >= 11 is 0. The molecule has 2 nitrogen and oxygen atoms in total. The van der Waals surface area contributed by atoms with Gasteiger partial charge in [0.05, 0.1) is 0 Å². The van der Waals surface area contributed by atoms with Gasteiger partial charge in [0.25, 0.3) is 0 Å². The van der Waals surface area contributed by atoms with Crippen molar-refractivity contribution in [3.63, 3.8) is 0 Å². The Hall–Kier alpha value is -2.09. The number of benzene rings is 2. The van der Waals surface area contributed by atoms with Gasteiger partial charge in [0.1, 0.15) is 0 Å². The summed E-state index contributed by atoms with van der Waals surface area (Å²) in [6.07, 6.45) is 0. The normalized spacial score (nSPS) is 10.2. The molecule has 0 fully saturated rings. The zero-order chi connectivity index (χ0) is 12.4. The van der Waals surface area contributed by atoms with Crippen LogP contribution in [0.15, 0.2) is 42.5 Å². The molecule has 0 aromatic heterocycles. The highest BCUT2D eigenvalue weighted by atomic mass is 16.1. The Bertz CT molecular complexity index is 559. The smallest absolute Gasteiger partial charge is 0.193 e. The SMILES string of the molecule is Cc1cc(C(=O)c2ccccc2)c(C)cc1N. The third-order valence-electron chi connectivity index (χ3n) is 2.89. The molecule has 0 spiro atoms. The van der Waals surface area contributed by atoms with E-state index in [9.17, 15) is 4.79 Å². The first kappa shape index (κ1) is 11.4. The van der Waals surface area contributed by atoms with Crippen LogP contribution in [0.2, 0.25) is 0 Å². The van der Waals surface area contributed by atoms with Crippen LogP contribution in [-0.4, -0.2) is 5.78 Å². The molecule has 0 amide bonds. The summed E-state index contributed by atoms with van der Waals surface area (Å²) in [5, 5.41) is 0. The lowest BCUT2D eigenvalue weighted by Crippen LogP contribution is -2.05. The maximum absolute atomic E-state index is 12.3. The van der Waals surface area contributed by atoms with Gasteiger partial charge in [-0.2, -0.15) is 0 Å². The van der Waals surface area contributed by atoms with Crippen molar-refractivity contribution in [2.75, 3.05) is 5.73 Å². The molecule has 0 aliphatic carbocycles. The van der Waals surface area contributed by atoms with E-state index in [1.807, 2.05) is 56.3 Å². The molecule has 0 unspecified atom stereocenters. The van der Waals surface area contributed by atoms with Gasteiger partial charge in [-0.25, -0.2) is 0 Å². The van der Waals surface area contributed by atoms with Gasteiger partial charge in [-0.05, 0) is 37.1 Å². The van der Waals surface area contributed by atoms with Crippen LogP contribution >= 0.6 is 0 Å². The molecule has 0 heterocycles. The highest BCUT2D eigenvalue weighted by Crippen LogP contribution is 2.20. The van der Waals surface area contributed by atoms with Gasteiger partial charge in [-0.3, -0.25) is 4.79 Å². The molecule has 2 rings (SSSR count). The van der Waals surface area contributed by atoms with E-state index in [1.54, 1.807) is 0 Å². The quantitative estimate of drug-likeness (QED) is 0.630. The Morgan fingerprint density at radius 3 is 2.29 bits per heavy atom. The van der Waals surface area contributed by atoms with Crippen LogP contribution in [0, 0.1) is 13.8 Å². The lowest BCUT2D eigenvalue weighted by Gasteiger charge is -2.08. The van der Waals surface area contributed by atoms with E-state index in [0.717, 1.165) is 22.4 Å². The molecule has 0 saturated carbocycles. The fraction of sp³-hybridized carbons (Fsp3) is 0.133. The molecular formula is C15H15NO. The van der Waals surface area contributed by atoms with Crippen LogP contribution in [-0.2, 0) is 0 Å². The highest BCUT2D eigenvalue weighted by molar-refractivity contribution is 6.10. The average Bonchev–Trinajstić information content (AvgIpc) is 2.34. The van der Waals surface area contributed by atoms with E-state index < -0.39 is 0 Å². The Labute approximate surface area is 101 Å². The van der Waals surface area contributed by atoms with Gasteiger partial charge in [0.15, 0.2) is 5.78 Å². The van der Waals surface area contributed by atoms with Gasteiger partial charge in [-0.15, -0.1) is 0 Å². The van der Waals surface area contributed by atoms with Crippen molar-refractivity contribution < 1.29 is 4.79 Å². The van der Waals surface area contributed by atoms with E-state index >= 15 is 0 Å². The number of hydrogen-bond donors (Lipinski definition) is 1. The third-order valence-corrected chi connectivity index (χ3v) is 2.89. The van der Waals surface area contributed by atoms with Crippen LogP contribution in [0.25, 0.3) is 0 Å². The first-order valence-electron chi connectivity index (χ1n) is 5.56. The van der Waals surface area contributed by atoms with Crippen LogP contribution < -0.4 is 5.73 Å². The molecule has 0 radical (unpaired) electrons. The fourth-order valence-electron chi connectivity index (χ4n) is 1.83. The number of nitrogens with two attached hydrogens (primary N) is 1. The van der Waals surface area contributed by atoms with Gasteiger partial charge in [-0.1, -0.05) is 30.3 Å². The maximum atomic E-state index is 12.3. The fourth-order valence-corrected chi connectivity index (χ4v) is 1.83. The first-order chi connectivity index (χ1) is 8.09. The summed E-state index contributed by atoms with van der Waals surface area (Å²) in [4.78, 5) is 12.3. The zero-order valence-corrected chi connectivity index (χ0v) is 10.0. The molecular weight excluding hydrogens is 210 g/mol. The molecule has 86 valence electrons. The van der Waals surface area contributed by atoms with E-state index in [0.29, 0.717) is 5.56 Å². The van der Waals surface area contributed by atoms with E-state index in [1.165, 1.54) is 0 Å². The number of nitrogen functional groups attached to an aromatic ring is 1. The Morgan fingerprint density at radius 2 is 1.65 bits per heavy atom. The number of rotatable bonds is 2. The second-order valence-corrected chi connectivity index (χ2v) is 4.22. The number of carbonyl (C=O) groups excluding carboxylic acids is 1. The standard InChI is InChI=1S/C15H15NO/c1-10-9-14(16)11(2)8-13(10)15(17)12-6-4-3-5-7-12/h3-9H,16H2,1-2H3. The van der Waals surface area contributed by atoms with Crippen molar-refractivity contribution in [1.29, 1.82) is 0 Å². The molecule has 0 aliphatic heterocycles. The lowest BCUT2D eigenvalue weighted by molar-refractivity contribution is 0.103. The maximum Gasteiger partial charge on any atom is 0.193 e. The Kier molecular flexibility index (Phi) is 2.96. The van der Waals surface area contributed by atoms with Crippen LogP contribution in [0.3, 0.4) is 0 Å². The molecule has 0 saturated heterocycles. The van der Waals surface area contributed by atoms with Crippen molar-refractivity contribution in [3.8, 4) is 0 Å². The second-order valence-electron chi connectivity index (χ2n) is 4.22. The second kappa shape index (κ2) is 4.42. The first-order valence-corrected chi connectivity index (χ1v) is 5.56. The van der Waals surface area contributed by atoms with Gasteiger partial charge >= 0.3 is 0 Å². The van der Waals surface area contributed by atoms with Gasteiger partial charge in [0, 0.05) is 16.8 Å². The number of aryl methyl sites for hydroxylation is 2. The molecule has 2 heteroatoms. The van der Waals surface area contributed by atoms with Crippen molar-refractivity contribution in [2.24, 2.45) is 0 Å². The Morgan fingerprint density at radius 1 is 1.00 bits per heavy atom. The number of ketones is 1. The molecule has 2 N–H and O–H groups in total. The summed E-state index contributed by atoms with van der Waals surface area (Å²) in [7, 11) is 0. The van der Waals surface area contributed by atoms with Crippen molar-refractivity contribution >= 4 is 11.5 Å².